The standard InChI is InChI=1S/C20H24O6/c1-3-8-19-17(6-1)23-10-5-11-24-18-7-2-4-9-20(18)26-15-13-22-16-21-12-14-25-19/h1-4,6-9H,5,10-16H2. The van der Waals surface area contributed by atoms with Gasteiger partial charge in [0.15, 0.2) is 23.0 Å². The van der Waals surface area contributed by atoms with Crippen molar-refractivity contribution in [3.8, 4) is 23.0 Å². The zero-order chi connectivity index (χ0) is 17.9. The molecule has 0 atom stereocenters. The minimum atomic E-state index is 0.197. The summed E-state index contributed by atoms with van der Waals surface area (Å²) in [6, 6.07) is 15.2. The van der Waals surface area contributed by atoms with Gasteiger partial charge >= 0.3 is 0 Å². The molecule has 0 saturated heterocycles. The number of hydrogen-bond donors (Lipinski definition) is 0. The molecule has 0 N–H and O–H groups in total. The third-order valence-electron chi connectivity index (χ3n) is 3.64. The van der Waals surface area contributed by atoms with Crippen molar-refractivity contribution in [3.05, 3.63) is 48.5 Å². The highest BCUT2D eigenvalue weighted by molar-refractivity contribution is 5.40. The van der Waals surface area contributed by atoms with Gasteiger partial charge < -0.3 is 28.4 Å². The van der Waals surface area contributed by atoms with Crippen LogP contribution in [-0.2, 0) is 9.47 Å². The molecule has 2 aromatic rings. The smallest absolute Gasteiger partial charge is 0.161 e. The Kier molecular flexibility index (Phi) is 7.43. The molecule has 2 aromatic carbocycles. The normalized spacial score (nSPS) is 16.9. The van der Waals surface area contributed by atoms with E-state index in [1.165, 1.54) is 0 Å². The molecule has 1 aliphatic heterocycles. The lowest BCUT2D eigenvalue weighted by atomic mass is 10.3. The summed E-state index contributed by atoms with van der Waals surface area (Å²) in [6.07, 6.45) is 0.745. The Morgan fingerprint density at radius 3 is 1.27 bits per heavy atom. The Morgan fingerprint density at radius 1 is 0.462 bits per heavy atom. The van der Waals surface area contributed by atoms with Crippen LogP contribution < -0.4 is 18.9 Å². The van der Waals surface area contributed by atoms with Gasteiger partial charge in [0.1, 0.15) is 20.0 Å². The highest BCUT2D eigenvalue weighted by atomic mass is 16.7. The molecule has 0 bridgehead atoms. The summed E-state index contributed by atoms with van der Waals surface area (Å²) in [7, 11) is 0. The number of hydrogen-bond acceptors (Lipinski definition) is 6. The molecule has 0 aromatic heterocycles. The SMILES string of the molecule is c1ccc2c(c1)OCCCOc1ccccc1OCCOCOCCO2. The van der Waals surface area contributed by atoms with Crippen molar-refractivity contribution >= 4 is 0 Å². The van der Waals surface area contributed by atoms with Gasteiger partial charge in [-0.15, -0.1) is 0 Å². The molecular weight excluding hydrogens is 336 g/mol. The molecule has 26 heavy (non-hydrogen) atoms. The minimum Gasteiger partial charge on any atom is -0.490 e. The highest BCUT2D eigenvalue weighted by Gasteiger charge is 2.07. The molecule has 1 heterocycles. The zero-order valence-corrected chi connectivity index (χ0v) is 14.7. The van der Waals surface area contributed by atoms with Crippen molar-refractivity contribution in [2.75, 3.05) is 46.4 Å². The summed E-state index contributed by atoms with van der Waals surface area (Å²) in [5.41, 5.74) is 0. The van der Waals surface area contributed by atoms with Crippen LogP contribution in [0.3, 0.4) is 0 Å². The second-order valence-electron chi connectivity index (χ2n) is 5.58. The molecule has 0 unspecified atom stereocenters. The summed E-state index contributed by atoms with van der Waals surface area (Å²) in [5.74, 6) is 2.85. The molecule has 0 fully saturated rings. The lowest BCUT2D eigenvalue weighted by Gasteiger charge is -2.15. The first-order chi connectivity index (χ1) is 12.9. The molecule has 140 valence electrons. The van der Waals surface area contributed by atoms with Crippen LogP contribution in [0.25, 0.3) is 0 Å². The van der Waals surface area contributed by atoms with Gasteiger partial charge in [-0.3, -0.25) is 0 Å². The minimum absolute atomic E-state index is 0.197. The number of ether oxygens (including phenoxy) is 6. The quantitative estimate of drug-likeness (QED) is 0.719. The maximum atomic E-state index is 5.82. The lowest BCUT2D eigenvalue weighted by molar-refractivity contribution is -0.0664. The molecule has 6 heteroatoms. The van der Waals surface area contributed by atoms with E-state index in [0.717, 1.165) is 6.42 Å². The van der Waals surface area contributed by atoms with E-state index in [9.17, 15) is 0 Å². The van der Waals surface area contributed by atoms with Crippen molar-refractivity contribution in [3.63, 3.8) is 0 Å². The summed E-state index contributed by atoms with van der Waals surface area (Å²) in [4.78, 5) is 0. The molecule has 6 nitrogen and oxygen atoms in total. The first-order valence-corrected chi connectivity index (χ1v) is 8.78. The van der Waals surface area contributed by atoms with Crippen molar-refractivity contribution < 1.29 is 28.4 Å². The van der Waals surface area contributed by atoms with E-state index in [-0.39, 0.29) is 6.79 Å². The summed E-state index contributed by atoms with van der Waals surface area (Å²) in [6.45, 7) is 3.00. The first-order valence-electron chi connectivity index (χ1n) is 8.78. The number of benzene rings is 2. The summed E-state index contributed by atoms with van der Waals surface area (Å²) < 4.78 is 33.9. The molecular formula is C20H24O6. The van der Waals surface area contributed by atoms with Gasteiger partial charge in [-0.2, -0.15) is 0 Å². The van der Waals surface area contributed by atoms with Crippen LogP contribution in [0, 0.1) is 0 Å². The number of fused-ring (bicyclic) bond motifs is 2. The molecule has 3 rings (SSSR count). The second-order valence-corrected chi connectivity index (χ2v) is 5.58. The average molecular weight is 360 g/mol. The predicted octanol–water partition coefficient (Wildman–Crippen LogP) is 3.30. The van der Waals surface area contributed by atoms with Crippen LogP contribution in [0.4, 0.5) is 0 Å². The maximum Gasteiger partial charge on any atom is 0.161 e. The van der Waals surface area contributed by atoms with E-state index < -0.39 is 0 Å². The van der Waals surface area contributed by atoms with Gasteiger partial charge in [0.25, 0.3) is 0 Å². The second kappa shape index (κ2) is 10.5. The zero-order valence-electron chi connectivity index (χ0n) is 14.7. The van der Waals surface area contributed by atoms with E-state index in [0.29, 0.717) is 62.6 Å². The molecule has 0 aliphatic carbocycles. The van der Waals surface area contributed by atoms with E-state index in [2.05, 4.69) is 0 Å². The maximum absolute atomic E-state index is 5.82. The van der Waals surface area contributed by atoms with E-state index in [4.69, 9.17) is 28.4 Å². The summed E-state index contributed by atoms with van der Waals surface area (Å²) >= 11 is 0. The monoisotopic (exact) mass is 360 g/mol. The van der Waals surface area contributed by atoms with E-state index in [1.54, 1.807) is 0 Å². The van der Waals surface area contributed by atoms with Gasteiger partial charge in [0.05, 0.1) is 26.4 Å². The largest absolute Gasteiger partial charge is 0.490 e. The Balaban J connectivity index is 1.60. The van der Waals surface area contributed by atoms with Crippen LogP contribution in [0.5, 0.6) is 23.0 Å². The van der Waals surface area contributed by atoms with Gasteiger partial charge in [-0.1, -0.05) is 24.3 Å². The van der Waals surface area contributed by atoms with Crippen LogP contribution in [0.15, 0.2) is 48.5 Å². The average Bonchev–Trinajstić information content (AvgIpc) is 2.68. The highest BCUT2D eigenvalue weighted by Crippen LogP contribution is 2.28. The van der Waals surface area contributed by atoms with Gasteiger partial charge in [-0.25, -0.2) is 0 Å². The fourth-order valence-electron chi connectivity index (χ4n) is 2.40. The Hall–Kier alpha value is -2.44. The molecule has 0 radical (unpaired) electrons. The van der Waals surface area contributed by atoms with Gasteiger partial charge in [0.2, 0.25) is 0 Å². The molecule has 0 amide bonds. The Labute approximate surface area is 153 Å². The molecule has 0 saturated carbocycles. The lowest BCUT2D eigenvalue weighted by Crippen LogP contribution is -2.14. The van der Waals surface area contributed by atoms with Crippen molar-refractivity contribution in [2.45, 2.75) is 6.42 Å². The third kappa shape index (κ3) is 5.82. The fourth-order valence-corrected chi connectivity index (χ4v) is 2.40. The van der Waals surface area contributed by atoms with E-state index in [1.807, 2.05) is 48.5 Å². The number of para-hydroxylation sites is 4. The first kappa shape index (κ1) is 18.4. The third-order valence-corrected chi connectivity index (χ3v) is 3.64. The van der Waals surface area contributed by atoms with Crippen LogP contribution in [0.2, 0.25) is 0 Å². The van der Waals surface area contributed by atoms with Crippen molar-refractivity contribution in [1.29, 1.82) is 0 Å². The topological polar surface area (TPSA) is 55.4 Å². The fraction of sp³-hybridized carbons (Fsp3) is 0.400. The number of rotatable bonds is 0. The Morgan fingerprint density at radius 2 is 0.846 bits per heavy atom. The van der Waals surface area contributed by atoms with Crippen molar-refractivity contribution in [2.24, 2.45) is 0 Å². The molecule has 1 aliphatic rings. The van der Waals surface area contributed by atoms with Gasteiger partial charge in [0, 0.05) is 6.42 Å². The summed E-state index contributed by atoms with van der Waals surface area (Å²) in [5, 5.41) is 0. The van der Waals surface area contributed by atoms with Crippen LogP contribution in [0.1, 0.15) is 6.42 Å². The van der Waals surface area contributed by atoms with E-state index >= 15 is 0 Å². The Bertz CT molecular complexity index is 605. The van der Waals surface area contributed by atoms with Crippen LogP contribution in [-0.4, -0.2) is 46.4 Å². The van der Waals surface area contributed by atoms with Gasteiger partial charge in [-0.05, 0) is 24.3 Å². The predicted molar refractivity (Wildman–Crippen MR) is 96.3 cm³/mol. The van der Waals surface area contributed by atoms with Crippen molar-refractivity contribution in [1.82, 2.24) is 0 Å². The molecule has 0 spiro atoms. The van der Waals surface area contributed by atoms with Crippen LogP contribution >= 0.6 is 0 Å².